The second-order valence-electron chi connectivity index (χ2n) is 3.75. The van der Waals surface area contributed by atoms with Crippen LogP contribution in [0.3, 0.4) is 0 Å². The van der Waals surface area contributed by atoms with Gasteiger partial charge in [0.15, 0.2) is 0 Å². The zero-order chi connectivity index (χ0) is 10.6. The number of aliphatic hydroxyl groups excluding tert-OH is 1. The van der Waals surface area contributed by atoms with Crippen molar-refractivity contribution in [2.24, 2.45) is 11.7 Å². The summed E-state index contributed by atoms with van der Waals surface area (Å²) in [5.41, 5.74) is 5.67. The van der Waals surface area contributed by atoms with Gasteiger partial charge in [0.25, 0.3) is 0 Å². The minimum atomic E-state index is -0.468. The predicted octanol–water partition coefficient (Wildman–Crippen LogP) is -0.269. The molecule has 1 saturated heterocycles. The van der Waals surface area contributed by atoms with E-state index in [0.29, 0.717) is 13.0 Å². The van der Waals surface area contributed by atoms with Gasteiger partial charge in [-0.2, -0.15) is 0 Å². The van der Waals surface area contributed by atoms with Crippen molar-refractivity contribution in [2.45, 2.75) is 18.9 Å². The van der Waals surface area contributed by atoms with E-state index >= 15 is 0 Å². The molecule has 1 fully saturated rings. The summed E-state index contributed by atoms with van der Waals surface area (Å²) in [7, 11) is 0. The normalized spacial score (nSPS) is 23.6. The molecule has 1 rings (SSSR count). The fourth-order valence-electron chi connectivity index (χ4n) is 1.70. The van der Waals surface area contributed by atoms with E-state index in [-0.39, 0.29) is 18.4 Å². The fourth-order valence-corrected chi connectivity index (χ4v) is 1.70. The van der Waals surface area contributed by atoms with E-state index in [2.05, 4.69) is 6.58 Å². The van der Waals surface area contributed by atoms with Gasteiger partial charge in [-0.25, -0.2) is 0 Å². The molecular formula is C10H18N2O2. The number of hydrogen-bond acceptors (Lipinski definition) is 3. The van der Waals surface area contributed by atoms with E-state index in [9.17, 15) is 4.79 Å². The molecule has 1 aliphatic rings. The van der Waals surface area contributed by atoms with Crippen LogP contribution >= 0.6 is 0 Å². The standard InChI is InChI=1S/C10H18N2O2/c1-2-3-9(11)10(14)12-5-4-8(6-12)7-13/h2,8-9,13H,1,3-7,11H2. The first kappa shape index (κ1) is 11.2. The minimum Gasteiger partial charge on any atom is -0.396 e. The van der Waals surface area contributed by atoms with Crippen molar-refractivity contribution in [3.8, 4) is 0 Å². The Kier molecular flexibility index (Phi) is 4.10. The highest BCUT2D eigenvalue weighted by Gasteiger charge is 2.28. The van der Waals surface area contributed by atoms with Crippen molar-refractivity contribution < 1.29 is 9.90 Å². The first-order valence-electron chi connectivity index (χ1n) is 4.95. The molecule has 0 saturated carbocycles. The number of hydrogen-bond donors (Lipinski definition) is 2. The van der Waals surface area contributed by atoms with Gasteiger partial charge in [0.05, 0.1) is 6.04 Å². The van der Waals surface area contributed by atoms with Crippen LogP contribution in [0.4, 0.5) is 0 Å². The summed E-state index contributed by atoms with van der Waals surface area (Å²) >= 11 is 0. The summed E-state index contributed by atoms with van der Waals surface area (Å²) in [6.07, 6.45) is 3.05. The summed E-state index contributed by atoms with van der Waals surface area (Å²) in [4.78, 5) is 13.4. The van der Waals surface area contributed by atoms with Gasteiger partial charge >= 0.3 is 0 Å². The lowest BCUT2D eigenvalue weighted by atomic mass is 10.1. The van der Waals surface area contributed by atoms with Crippen molar-refractivity contribution in [1.29, 1.82) is 0 Å². The highest BCUT2D eigenvalue weighted by molar-refractivity contribution is 5.82. The largest absolute Gasteiger partial charge is 0.396 e. The lowest BCUT2D eigenvalue weighted by Gasteiger charge is -2.19. The highest BCUT2D eigenvalue weighted by atomic mass is 16.3. The average molecular weight is 198 g/mol. The number of carbonyl (C=O) groups excluding carboxylic acids is 1. The molecule has 0 spiro atoms. The predicted molar refractivity (Wildman–Crippen MR) is 54.6 cm³/mol. The van der Waals surface area contributed by atoms with Crippen molar-refractivity contribution in [1.82, 2.24) is 4.90 Å². The van der Waals surface area contributed by atoms with Gasteiger partial charge in [0, 0.05) is 25.6 Å². The molecule has 1 amide bonds. The number of likely N-dealkylation sites (tertiary alicyclic amines) is 1. The quantitative estimate of drug-likeness (QED) is 0.611. The molecule has 1 heterocycles. The summed E-state index contributed by atoms with van der Waals surface area (Å²) in [5.74, 6) is 0.204. The molecule has 2 atom stereocenters. The summed E-state index contributed by atoms with van der Waals surface area (Å²) in [6.45, 7) is 5.06. The Hall–Kier alpha value is -0.870. The Morgan fingerprint density at radius 1 is 1.79 bits per heavy atom. The van der Waals surface area contributed by atoms with Crippen LogP contribution in [0.15, 0.2) is 12.7 Å². The maximum absolute atomic E-state index is 11.7. The number of carbonyl (C=O) groups is 1. The zero-order valence-corrected chi connectivity index (χ0v) is 8.35. The molecule has 0 aromatic rings. The molecule has 0 aliphatic carbocycles. The van der Waals surface area contributed by atoms with Crippen LogP contribution < -0.4 is 5.73 Å². The van der Waals surface area contributed by atoms with Crippen LogP contribution in [-0.4, -0.2) is 41.7 Å². The number of nitrogens with zero attached hydrogens (tertiary/aromatic N) is 1. The second kappa shape index (κ2) is 5.12. The van der Waals surface area contributed by atoms with Crippen LogP contribution in [0.5, 0.6) is 0 Å². The van der Waals surface area contributed by atoms with Gasteiger partial charge in [0.1, 0.15) is 0 Å². The third-order valence-electron chi connectivity index (χ3n) is 2.59. The monoisotopic (exact) mass is 198 g/mol. The van der Waals surface area contributed by atoms with Crippen LogP contribution in [0.1, 0.15) is 12.8 Å². The first-order valence-corrected chi connectivity index (χ1v) is 4.95. The van der Waals surface area contributed by atoms with E-state index in [1.165, 1.54) is 0 Å². The number of nitrogens with two attached hydrogens (primary N) is 1. The van der Waals surface area contributed by atoms with Gasteiger partial charge in [-0.3, -0.25) is 4.79 Å². The minimum absolute atomic E-state index is 0.0270. The van der Waals surface area contributed by atoms with Gasteiger partial charge in [-0.05, 0) is 12.8 Å². The van der Waals surface area contributed by atoms with E-state index in [4.69, 9.17) is 10.8 Å². The molecule has 3 N–H and O–H groups in total. The molecule has 4 heteroatoms. The molecule has 2 unspecified atom stereocenters. The Morgan fingerprint density at radius 3 is 3.00 bits per heavy atom. The molecule has 0 bridgehead atoms. The van der Waals surface area contributed by atoms with Crippen LogP contribution in [0, 0.1) is 5.92 Å². The average Bonchev–Trinajstić information content (AvgIpc) is 2.65. The first-order chi connectivity index (χ1) is 6.69. The number of rotatable bonds is 4. The van der Waals surface area contributed by atoms with E-state index < -0.39 is 6.04 Å². The van der Waals surface area contributed by atoms with Gasteiger partial charge in [-0.1, -0.05) is 6.08 Å². The fraction of sp³-hybridized carbons (Fsp3) is 0.700. The Bertz CT molecular complexity index is 218. The molecule has 0 aromatic heterocycles. The Labute approximate surface area is 84.4 Å². The Morgan fingerprint density at radius 2 is 2.50 bits per heavy atom. The van der Waals surface area contributed by atoms with Gasteiger partial charge < -0.3 is 15.7 Å². The van der Waals surface area contributed by atoms with Gasteiger partial charge in [-0.15, -0.1) is 6.58 Å². The molecule has 0 aromatic carbocycles. The third kappa shape index (κ3) is 2.56. The molecule has 4 nitrogen and oxygen atoms in total. The van der Waals surface area contributed by atoms with Crippen LogP contribution in [0.25, 0.3) is 0 Å². The molecule has 0 radical (unpaired) electrons. The number of aliphatic hydroxyl groups is 1. The SMILES string of the molecule is C=CCC(N)C(=O)N1CCC(CO)C1. The lowest BCUT2D eigenvalue weighted by molar-refractivity contribution is -0.131. The second-order valence-corrected chi connectivity index (χ2v) is 3.75. The zero-order valence-electron chi connectivity index (χ0n) is 8.35. The maximum Gasteiger partial charge on any atom is 0.239 e. The van der Waals surface area contributed by atoms with Crippen molar-refractivity contribution in [3.63, 3.8) is 0 Å². The summed E-state index contributed by atoms with van der Waals surface area (Å²) in [6, 6.07) is -0.468. The van der Waals surface area contributed by atoms with E-state index in [1.807, 2.05) is 0 Å². The third-order valence-corrected chi connectivity index (χ3v) is 2.59. The van der Waals surface area contributed by atoms with Crippen LogP contribution in [0.2, 0.25) is 0 Å². The van der Waals surface area contributed by atoms with E-state index in [0.717, 1.165) is 13.0 Å². The Balaban J connectivity index is 2.42. The lowest BCUT2D eigenvalue weighted by Crippen LogP contribution is -2.42. The maximum atomic E-state index is 11.7. The highest BCUT2D eigenvalue weighted by Crippen LogP contribution is 2.16. The smallest absolute Gasteiger partial charge is 0.239 e. The molecular weight excluding hydrogens is 180 g/mol. The van der Waals surface area contributed by atoms with Crippen molar-refractivity contribution in [3.05, 3.63) is 12.7 Å². The molecule has 14 heavy (non-hydrogen) atoms. The van der Waals surface area contributed by atoms with E-state index in [1.54, 1.807) is 11.0 Å². The van der Waals surface area contributed by atoms with Crippen LogP contribution in [-0.2, 0) is 4.79 Å². The van der Waals surface area contributed by atoms with Crippen molar-refractivity contribution in [2.75, 3.05) is 19.7 Å². The van der Waals surface area contributed by atoms with Gasteiger partial charge in [0.2, 0.25) is 5.91 Å². The molecule has 1 aliphatic heterocycles. The number of amides is 1. The summed E-state index contributed by atoms with van der Waals surface area (Å²) in [5, 5.41) is 8.92. The summed E-state index contributed by atoms with van der Waals surface area (Å²) < 4.78 is 0. The topological polar surface area (TPSA) is 66.6 Å². The molecule has 80 valence electrons. The van der Waals surface area contributed by atoms with Crippen molar-refractivity contribution >= 4 is 5.91 Å².